The first kappa shape index (κ1) is 11.6. The molecule has 1 aromatic heterocycles. The van der Waals surface area contributed by atoms with Crippen molar-refractivity contribution >= 4 is 11.7 Å². The summed E-state index contributed by atoms with van der Waals surface area (Å²) in [5, 5.41) is 22.4. The van der Waals surface area contributed by atoms with E-state index in [1.54, 1.807) is 0 Å². The summed E-state index contributed by atoms with van der Waals surface area (Å²) in [6.07, 6.45) is 0. The third kappa shape index (κ3) is 2.00. The Labute approximate surface area is 97.8 Å². The summed E-state index contributed by atoms with van der Waals surface area (Å²) in [4.78, 5) is 23.9. The van der Waals surface area contributed by atoms with Crippen LogP contribution in [0.1, 0.15) is 10.6 Å². The first-order valence-electron chi connectivity index (χ1n) is 4.50. The lowest BCUT2D eigenvalue weighted by atomic mass is 10.2. The van der Waals surface area contributed by atoms with Crippen molar-refractivity contribution in [3.63, 3.8) is 0 Å². The molecule has 0 fully saturated rings. The molecular weight excluding hydrogens is 249 g/mol. The highest BCUT2D eigenvalue weighted by atomic mass is 19.1. The number of rotatable bonds is 3. The number of benzene rings is 1. The minimum atomic E-state index is -1.44. The number of hydrogen-bond acceptors (Lipinski definition) is 6. The SMILES string of the molecule is O=C(O)c1noc(-c2ccc(F)cc2[N+](=O)[O-])n1. The van der Waals surface area contributed by atoms with E-state index in [0.29, 0.717) is 6.07 Å². The summed E-state index contributed by atoms with van der Waals surface area (Å²) < 4.78 is 17.5. The summed E-state index contributed by atoms with van der Waals surface area (Å²) >= 11 is 0. The average Bonchev–Trinajstić information content (AvgIpc) is 2.78. The summed E-state index contributed by atoms with van der Waals surface area (Å²) in [6.45, 7) is 0. The second kappa shape index (κ2) is 4.20. The Hall–Kier alpha value is -2.84. The number of halogens is 1. The van der Waals surface area contributed by atoms with Crippen LogP contribution in [0.4, 0.5) is 10.1 Å². The summed E-state index contributed by atoms with van der Waals surface area (Å²) in [5.41, 5.74) is -0.739. The van der Waals surface area contributed by atoms with Crippen molar-refractivity contribution in [3.8, 4) is 11.5 Å². The topological polar surface area (TPSA) is 119 Å². The zero-order valence-corrected chi connectivity index (χ0v) is 8.53. The van der Waals surface area contributed by atoms with Gasteiger partial charge in [0.25, 0.3) is 17.4 Å². The fourth-order valence-electron chi connectivity index (χ4n) is 1.26. The Morgan fingerprint density at radius 2 is 2.22 bits per heavy atom. The largest absolute Gasteiger partial charge is 0.475 e. The quantitative estimate of drug-likeness (QED) is 0.649. The fourth-order valence-corrected chi connectivity index (χ4v) is 1.26. The van der Waals surface area contributed by atoms with Crippen molar-refractivity contribution in [2.45, 2.75) is 0 Å². The van der Waals surface area contributed by atoms with Gasteiger partial charge in [-0.1, -0.05) is 0 Å². The molecule has 8 nitrogen and oxygen atoms in total. The van der Waals surface area contributed by atoms with Crippen LogP contribution in [-0.2, 0) is 0 Å². The van der Waals surface area contributed by atoms with E-state index < -0.39 is 28.2 Å². The first-order valence-corrected chi connectivity index (χ1v) is 4.50. The van der Waals surface area contributed by atoms with Crippen molar-refractivity contribution < 1.29 is 23.7 Å². The summed E-state index contributed by atoms with van der Waals surface area (Å²) in [7, 11) is 0. The van der Waals surface area contributed by atoms with Crippen molar-refractivity contribution in [1.29, 1.82) is 0 Å². The number of carboxylic acid groups (broad SMARTS) is 1. The molecule has 1 N–H and O–H groups in total. The number of hydrogen-bond donors (Lipinski definition) is 1. The van der Waals surface area contributed by atoms with Gasteiger partial charge in [-0.25, -0.2) is 9.18 Å². The third-order valence-corrected chi connectivity index (χ3v) is 2.00. The van der Waals surface area contributed by atoms with Crippen LogP contribution in [0.25, 0.3) is 11.5 Å². The number of carbonyl (C=O) groups is 1. The molecule has 0 atom stereocenters. The highest BCUT2D eigenvalue weighted by Crippen LogP contribution is 2.29. The lowest BCUT2D eigenvalue weighted by Gasteiger charge is -1.97. The average molecular weight is 253 g/mol. The van der Waals surface area contributed by atoms with Crippen molar-refractivity contribution in [2.24, 2.45) is 0 Å². The van der Waals surface area contributed by atoms with Crippen LogP contribution in [0.5, 0.6) is 0 Å². The maximum atomic E-state index is 12.9. The van der Waals surface area contributed by atoms with Gasteiger partial charge in [-0.3, -0.25) is 10.1 Å². The van der Waals surface area contributed by atoms with E-state index in [4.69, 9.17) is 5.11 Å². The molecule has 2 aromatic rings. The van der Waals surface area contributed by atoms with Gasteiger partial charge in [0.05, 0.1) is 11.0 Å². The maximum Gasteiger partial charge on any atom is 0.377 e. The number of carboxylic acids is 1. The highest BCUT2D eigenvalue weighted by Gasteiger charge is 2.23. The molecule has 0 aliphatic heterocycles. The summed E-state index contributed by atoms with van der Waals surface area (Å²) in [5.74, 6) is -3.24. The van der Waals surface area contributed by atoms with Gasteiger partial charge in [0.15, 0.2) is 0 Å². The number of nitro groups is 1. The van der Waals surface area contributed by atoms with Crippen LogP contribution in [0.2, 0.25) is 0 Å². The molecule has 1 heterocycles. The Balaban J connectivity index is 2.55. The van der Waals surface area contributed by atoms with Gasteiger partial charge >= 0.3 is 5.97 Å². The van der Waals surface area contributed by atoms with E-state index >= 15 is 0 Å². The van der Waals surface area contributed by atoms with Crippen LogP contribution in [0, 0.1) is 15.9 Å². The van der Waals surface area contributed by atoms with Crippen LogP contribution in [0.15, 0.2) is 22.7 Å². The van der Waals surface area contributed by atoms with Crippen molar-refractivity contribution in [2.75, 3.05) is 0 Å². The smallest absolute Gasteiger partial charge is 0.377 e. The van der Waals surface area contributed by atoms with E-state index in [1.165, 1.54) is 0 Å². The molecule has 2 rings (SSSR count). The normalized spacial score (nSPS) is 10.3. The van der Waals surface area contributed by atoms with Gasteiger partial charge in [-0.15, -0.1) is 0 Å². The summed E-state index contributed by atoms with van der Waals surface area (Å²) in [6, 6.07) is 2.71. The number of aromatic carboxylic acids is 1. The van der Waals surface area contributed by atoms with Gasteiger partial charge in [0.1, 0.15) is 11.4 Å². The van der Waals surface area contributed by atoms with Crippen LogP contribution in [-0.4, -0.2) is 26.1 Å². The molecule has 0 radical (unpaired) electrons. The molecule has 92 valence electrons. The van der Waals surface area contributed by atoms with Gasteiger partial charge in [0.2, 0.25) is 0 Å². The van der Waals surface area contributed by atoms with E-state index in [-0.39, 0.29) is 11.5 Å². The van der Waals surface area contributed by atoms with Gasteiger partial charge in [-0.2, -0.15) is 4.98 Å². The van der Waals surface area contributed by atoms with Crippen LogP contribution >= 0.6 is 0 Å². The molecule has 0 bridgehead atoms. The number of nitrogens with zero attached hydrogens (tertiary/aromatic N) is 3. The molecule has 0 aliphatic rings. The number of nitro benzene ring substituents is 1. The minimum absolute atomic E-state index is 0.151. The molecule has 0 saturated heterocycles. The fraction of sp³-hybridized carbons (Fsp3) is 0. The Bertz CT molecular complexity index is 639. The number of aromatic nitrogens is 2. The van der Waals surface area contributed by atoms with Gasteiger partial charge in [-0.05, 0) is 17.3 Å². The van der Waals surface area contributed by atoms with Crippen LogP contribution in [0.3, 0.4) is 0 Å². The van der Waals surface area contributed by atoms with Crippen LogP contribution < -0.4 is 0 Å². The highest BCUT2D eigenvalue weighted by molar-refractivity contribution is 5.83. The predicted molar refractivity (Wildman–Crippen MR) is 53.3 cm³/mol. The second-order valence-electron chi connectivity index (χ2n) is 3.15. The molecule has 1 aromatic carbocycles. The molecular formula is C9H4FN3O5. The molecule has 18 heavy (non-hydrogen) atoms. The Morgan fingerprint density at radius 3 is 2.78 bits per heavy atom. The molecule has 0 amide bonds. The van der Waals surface area contributed by atoms with E-state index in [9.17, 15) is 19.3 Å². The molecule has 0 saturated carbocycles. The lowest BCUT2D eigenvalue weighted by molar-refractivity contribution is -0.384. The second-order valence-corrected chi connectivity index (χ2v) is 3.15. The molecule has 0 spiro atoms. The molecule has 0 aliphatic carbocycles. The molecule has 9 heteroatoms. The predicted octanol–water partition coefficient (Wildman–Crippen LogP) is 1.48. The minimum Gasteiger partial charge on any atom is -0.475 e. The first-order chi connectivity index (χ1) is 8.49. The van der Waals surface area contributed by atoms with Gasteiger partial charge < -0.3 is 9.63 Å². The Kier molecular flexibility index (Phi) is 2.72. The molecule has 0 unspecified atom stereocenters. The van der Waals surface area contributed by atoms with Crippen molar-refractivity contribution in [1.82, 2.24) is 10.1 Å². The van der Waals surface area contributed by atoms with Crippen molar-refractivity contribution in [3.05, 3.63) is 40.0 Å². The third-order valence-electron chi connectivity index (χ3n) is 2.00. The van der Waals surface area contributed by atoms with E-state index in [2.05, 4.69) is 14.7 Å². The maximum absolute atomic E-state index is 12.9. The standard InChI is InChI=1S/C9H4FN3O5/c10-4-1-2-5(6(3-4)13(16)17)8-11-7(9(14)15)12-18-8/h1-3H,(H,14,15). The lowest BCUT2D eigenvalue weighted by Crippen LogP contribution is -1.98. The Morgan fingerprint density at radius 1 is 1.50 bits per heavy atom. The zero-order valence-electron chi connectivity index (χ0n) is 8.53. The van der Waals surface area contributed by atoms with E-state index in [1.807, 2.05) is 0 Å². The van der Waals surface area contributed by atoms with Gasteiger partial charge in [0, 0.05) is 0 Å². The van der Waals surface area contributed by atoms with E-state index in [0.717, 1.165) is 12.1 Å². The zero-order chi connectivity index (χ0) is 13.3. The monoisotopic (exact) mass is 253 g/mol.